The first-order valence-corrected chi connectivity index (χ1v) is 9.32. The fraction of sp³-hybridized carbons (Fsp3) is 0.455. The van der Waals surface area contributed by atoms with Crippen LogP contribution in [0.3, 0.4) is 0 Å². The van der Waals surface area contributed by atoms with Gasteiger partial charge in [0.2, 0.25) is 0 Å². The largest absolute Gasteiger partial charge is 0.494 e. The summed E-state index contributed by atoms with van der Waals surface area (Å²) in [5.41, 5.74) is 3.56. The maximum atomic E-state index is 13.1. The first kappa shape index (κ1) is 19.2. The van der Waals surface area contributed by atoms with E-state index >= 15 is 0 Å². The fourth-order valence-electron chi connectivity index (χ4n) is 4.10. The summed E-state index contributed by atoms with van der Waals surface area (Å²) in [7, 11) is 1.37. The minimum atomic E-state index is -0.447. The van der Waals surface area contributed by atoms with Gasteiger partial charge in [0.05, 0.1) is 19.3 Å². The highest BCUT2D eigenvalue weighted by Gasteiger charge is 2.43. The number of hydrogen-bond donors (Lipinski definition) is 1. The molecule has 0 bridgehead atoms. The molecule has 1 N–H and O–H groups in total. The van der Waals surface area contributed by atoms with Crippen LogP contribution >= 0.6 is 0 Å². The highest BCUT2D eigenvalue weighted by molar-refractivity contribution is 6.04. The van der Waals surface area contributed by atoms with E-state index in [0.717, 1.165) is 29.1 Å². The first-order valence-electron chi connectivity index (χ1n) is 9.32. The van der Waals surface area contributed by atoms with Gasteiger partial charge in [0, 0.05) is 29.3 Å². The van der Waals surface area contributed by atoms with Crippen molar-refractivity contribution in [1.82, 2.24) is 5.32 Å². The lowest BCUT2D eigenvalue weighted by atomic mass is 9.68. The molecular formula is C22H27NO4. The van der Waals surface area contributed by atoms with Crippen LogP contribution in [-0.2, 0) is 14.3 Å². The van der Waals surface area contributed by atoms with Gasteiger partial charge in [-0.05, 0) is 43.4 Å². The molecule has 27 heavy (non-hydrogen) atoms. The Balaban J connectivity index is 2.18. The zero-order valence-electron chi connectivity index (χ0n) is 16.6. The third-order valence-electron chi connectivity index (χ3n) is 5.15. The zero-order valence-corrected chi connectivity index (χ0v) is 16.6. The molecular weight excluding hydrogens is 342 g/mol. The van der Waals surface area contributed by atoms with Crippen LogP contribution in [0.15, 0.2) is 46.8 Å². The molecule has 3 rings (SSSR count). The number of ketones is 1. The zero-order chi connectivity index (χ0) is 19.8. The molecule has 144 valence electrons. The van der Waals surface area contributed by atoms with E-state index in [1.54, 1.807) is 0 Å². The number of nitrogens with one attached hydrogen (secondary N) is 1. The minimum Gasteiger partial charge on any atom is -0.494 e. The molecule has 1 aromatic carbocycles. The van der Waals surface area contributed by atoms with Crippen LogP contribution < -0.4 is 10.1 Å². The second kappa shape index (κ2) is 7.22. The molecule has 0 fully saturated rings. The van der Waals surface area contributed by atoms with Crippen molar-refractivity contribution >= 4 is 11.8 Å². The topological polar surface area (TPSA) is 64.6 Å². The Kier molecular flexibility index (Phi) is 5.13. The number of benzene rings is 1. The molecule has 2 aliphatic rings. The number of allylic oxidation sites excluding steroid dienone is 3. The van der Waals surface area contributed by atoms with Gasteiger partial charge in [-0.3, -0.25) is 4.79 Å². The third-order valence-corrected chi connectivity index (χ3v) is 5.15. The van der Waals surface area contributed by atoms with Crippen LogP contribution in [0.25, 0.3) is 0 Å². The third kappa shape index (κ3) is 3.64. The lowest BCUT2D eigenvalue weighted by molar-refractivity contribution is -0.136. The van der Waals surface area contributed by atoms with E-state index in [-0.39, 0.29) is 11.2 Å². The average Bonchev–Trinajstić information content (AvgIpc) is 2.59. The van der Waals surface area contributed by atoms with Gasteiger partial charge in [-0.25, -0.2) is 4.79 Å². The Bertz CT molecular complexity index is 848. The standard InChI is InChI=1S/C22H27NO4/c1-6-27-15-9-7-8-14(10-15)19-18(21(25)26-5)13(2)23-16-11-22(3,4)12-17(24)20(16)19/h7-10,19,23H,6,11-12H2,1-5H3/t19-/m1/s1. The van der Waals surface area contributed by atoms with Crippen molar-refractivity contribution in [2.45, 2.75) is 46.5 Å². The average molecular weight is 369 g/mol. The second-order valence-electron chi connectivity index (χ2n) is 7.93. The van der Waals surface area contributed by atoms with Gasteiger partial charge in [-0.1, -0.05) is 26.0 Å². The molecule has 0 saturated heterocycles. The quantitative estimate of drug-likeness (QED) is 0.817. The fourth-order valence-corrected chi connectivity index (χ4v) is 4.10. The van der Waals surface area contributed by atoms with E-state index < -0.39 is 11.9 Å². The number of carbonyl (C=O) groups is 2. The molecule has 0 aromatic heterocycles. The number of ether oxygens (including phenoxy) is 2. The Labute approximate surface area is 160 Å². The summed E-state index contributed by atoms with van der Waals surface area (Å²) in [6.45, 7) is 8.53. The van der Waals surface area contributed by atoms with Crippen LogP contribution in [0.1, 0.15) is 52.0 Å². The van der Waals surface area contributed by atoms with E-state index in [4.69, 9.17) is 9.47 Å². The number of Topliss-reactive ketones (excluding diaryl/α,β-unsaturated/α-hetero) is 1. The summed E-state index contributed by atoms with van der Waals surface area (Å²) in [6, 6.07) is 7.62. The van der Waals surface area contributed by atoms with Crippen molar-refractivity contribution < 1.29 is 19.1 Å². The predicted molar refractivity (Wildman–Crippen MR) is 103 cm³/mol. The Hall–Kier alpha value is -2.56. The van der Waals surface area contributed by atoms with E-state index in [1.807, 2.05) is 38.1 Å². The summed E-state index contributed by atoms with van der Waals surface area (Å²) < 4.78 is 10.7. The Morgan fingerprint density at radius 2 is 2.04 bits per heavy atom. The lowest BCUT2D eigenvalue weighted by Crippen LogP contribution is -2.38. The molecule has 0 saturated carbocycles. The number of rotatable bonds is 4. The molecule has 1 aliphatic carbocycles. The molecule has 1 aromatic rings. The monoisotopic (exact) mass is 369 g/mol. The molecule has 1 heterocycles. The maximum Gasteiger partial charge on any atom is 0.336 e. The van der Waals surface area contributed by atoms with Crippen LogP contribution in [0.2, 0.25) is 0 Å². The Morgan fingerprint density at radius 3 is 2.70 bits per heavy atom. The van der Waals surface area contributed by atoms with Crippen molar-refractivity contribution in [3.8, 4) is 5.75 Å². The van der Waals surface area contributed by atoms with Crippen molar-refractivity contribution in [2.24, 2.45) is 5.41 Å². The van der Waals surface area contributed by atoms with Crippen molar-refractivity contribution in [3.05, 3.63) is 52.4 Å². The first-order chi connectivity index (χ1) is 12.8. The van der Waals surface area contributed by atoms with Crippen molar-refractivity contribution in [2.75, 3.05) is 13.7 Å². The van der Waals surface area contributed by atoms with E-state index in [0.29, 0.717) is 24.2 Å². The van der Waals surface area contributed by atoms with Crippen LogP contribution in [0.5, 0.6) is 5.75 Å². The van der Waals surface area contributed by atoms with Gasteiger partial charge < -0.3 is 14.8 Å². The van der Waals surface area contributed by atoms with Gasteiger partial charge in [0.1, 0.15) is 5.75 Å². The molecule has 1 aliphatic heterocycles. The van der Waals surface area contributed by atoms with E-state index in [1.165, 1.54) is 7.11 Å². The SMILES string of the molecule is CCOc1cccc([C@@H]2C(C(=O)OC)=C(C)NC3=C2C(=O)CC(C)(C)C3)c1. The van der Waals surface area contributed by atoms with Gasteiger partial charge >= 0.3 is 5.97 Å². The summed E-state index contributed by atoms with van der Waals surface area (Å²) in [5.74, 6) is -0.0655. The summed E-state index contributed by atoms with van der Waals surface area (Å²) in [5, 5.41) is 3.32. The molecule has 5 heteroatoms. The molecule has 5 nitrogen and oxygen atoms in total. The lowest BCUT2D eigenvalue weighted by Gasteiger charge is -2.39. The van der Waals surface area contributed by atoms with Crippen LogP contribution in [0.4, 0.5) is 0 Å². The van der Waals surface area contributed by atoms with Crippen LogP contribution in [-0.4, -0.2) is 25.5 Å². The molecule has 0 amide bonds. The highest BCUT2D eigenvalue weighted by Crippen LogP contribution is 2.47. The van der Waals surface area contributed by atoms with E-state index in [9.17, 15) is 9.59 Å². The van der Waals surface area contributed by atoms with Crippen LogP contribution in [0, 0.1) is 5.41 Å². The van der Waals surface area contributed by atoms with Gasteiger partial charge in [-0.15, -0.1) is 0 Å². The van der Waals surface area contributed by atoms with Crippen molar-refractivity contribution in [3.63, 3.8) is 0 Å². The normalized spacial score (nSPS) is 21.5. The predicted octanol–water partition coefficient (Wildman–Crippen LogP) is 3.86. The molecule has 0 spiro atoms. The Morgan fingerprint density at radius 1 is 1.30 bits per heavy atom. The number of esters is 1. The molecule has 0 unspecified atom stereocenters. The maximum absolute atomic E-state index is 13.1. The van der Waals surface area contributed by atoms with Crippen molar-refractivity contribution in [1.29, 1.82) is 0 Å². The van der Waals surface area contributed by atoms with Gasteiger partial charge in [0.25, 0.3) is 0 Å². The molecule has 0 radical (unpaired) electrons. The number of dihydropyridines is 1. The summed E-state index contributed by atoms with van der Waals surface area (Å²) in [4.78, 5) is 25.7. The minimum absolute atomic E-state index is 0.0782. The number of hydrogen-bond acceptors (Lipinski definition) is 5. The number of methoxy groups -OCH3 is 1. The second-order valence-corrected chi connectivity index (χ2v) is 7.93. The number of carbonyl (C=O) groups excluding carboxylic acids is 2. The highest BCUT2D eigenvalue weighted by atomic mass is 16.5. The molecule has 1 atom stereocenters. The smallest absolute Gasteiger partial charge is 0.336 e. The summed E-state index contributed by atoms with van der Waals surface area (Å²) in [6.07, 6.45) is 1.23. The van der Waals surface area contributed by atoms with Gasteiger partial charge in [-0.2, -0.15) is 0 Å². The van der Waals surface area contributed by atoms with Gasteiger partial charge in [0.15, 0.2) is 5.78 Å². The van der Waals surface area contributed by atoms with E-state index in [2.05, 4.69) is 19.2 Å². The summed E-state index contributed by atoms with van der Waals surface area (Å²) >= 11 is 0.